The zero-order valence-electron chi connectivity index (χ0n) is 8.90. The average Bonchev–Trinajstić information content (AvgIpc) is 2.77. The second-order valence-corrected chi connectivity index (χ2v) is 3.18. The van der Waals surface area contributed by atoms with Crippen LogP contribution in [0.1, 0.15) is 5.69 Å². The summed E-state index contributed by atoms with van der Waals surface area (Å²) in [6.07, 6.45) is 3.44. The van der Waals surface area contributed by atoms with Crippen molar-refractivity contribution >= 4 is 11.9 Å². The summed E-state index contributed by atoms with van der Waals surface area (Å²) in [7, 11) is 1.25. The van der Waals surface area contributed by atoms with Crippen molar-refractivity contribution in [3.8, 4) is 0 Å². The molecule has 1 rings (SSSR count). The Morgan fingerprint density at radius 1 is 1.69 bits per heavy atom. The van der Waals surface area contributed by atoms with E-state index in [9.17, 15) is 9.59 Å². The first kappa shape index (κ1) is 12.2. The molecule has 7 heteroatoms. The van der Waals surface area contributed by atoms with Gasteiger partial charge in [0, 0.05) is 18.3 Å². The molecule has 0 unspecified atom stereocenters. The lowest BCUT2D eigenvalue weighted by molar-refractivity contribution is -0.141. The number of nitrogens with zero attached hydrogens (tertiary/aromatic N) is 1. The van der Waals surface area contributed by atoms with E-state index >= 15 is 0 Å². The molecule has 4 N–H and O–H groups in total. The molecule has 0 aliphatic rings. The lowest BCUT2D eigenvalue weighted by Gasteiger charge is -2.10. The van der Waals surface area contributed by atoms with E-state index in [1.165, 1.54) is 13.4 Å². The molecule has 0 saturated heterocycles. The Morgan fingerprint density at radius 3 is 3.00 bits per heavy atom. The number of methoxy groups -OCH3 is 1. The zero-order chi connectivity index (χ0) is 12.0. The van der Waals surface area contributed by atoms with Gasteiger partial charge in [-0.25, -0.2) is 4.98 Å². The summed E-state index contributed by atoms with van der Waals surface area (Å²) in [5.74, 6) is -0.915. The minimum atomic E-state index is -0.717. The predicted octanol–water partition coefficient (Wildman–Crippen LogP) is -1.43. The number of ether oxygens (including phenoxy) is 1. The predicted molar refractivity (Wildman–Crippen MR) is 55.3 cm³/mol. The number of esters is 1. The third-order valence-corrected chi connectivity index (χ3v) is 1.97. The van der Waals surface area contributed by atoms with E-state index < -0.39 is 17.9 Å². The number of aromatic nitrogens is 2. The maximum Gasteiger partial charge on any atom is 0.325 e. The van der Waals surface area contributed by atoms with Gasteiger partial charge in [0.25, 0.3) is 0 Å². The van der Waals surface area contributed by atoms with E-state index in [2.05, 4.69) is 20.0 Å². The lowest BCUT2D eigenvalue weighted by atomic mass is 10.1. The Bertz CT molecular complexity index is 350. The van der Waals surface area contributed by atoms with Crippen LogP contribution in [0.15, 0.2) is 12.5 Å². The number of H-pyrrole nitrogens is 1. The van der Waals surface area contributed by atoms with Crippen molar-refractivity contribution in [3.05, 3.63) is 18.2 Å². The molecule has 1 amide bonds. The Balaban J connectivity index is 2.33. The lowest BCUT2D eigenvalue weighted by Crippen LogP contribution is -2.44. The minimum Gasteiger partial charge on any atom is -0.468 e. The number of aromatic amines is 1. The van der Waals surface area contributed by atoms with Crippen LogP contribution in [0.2, 0.25) is 0 Å². The maximum atomic E-state index is 11.4. The van der Waals surface area contributed by atoms with Crippen molar-refractivity contribution in [3.63, 3.8) is 0 Å². The van der Waals surface area contributed by atoms with Gasteiger partial charge in [-0.05, 0) is 0 Å². The fourth-order valence-electron chi connectivity index (χ4n) is 1.09. The number of rotatable bonds is 5. The first-order chi connectivity index (χ1) is 7.63. The molecule has 0 aliphatic carbocycles. The van der Waals surface area contributed by atoms with Crippen molar-refractivity contribution in [1.29, 1.82) is 0 Å². The Labute approximate surface area is 92.4 Å². The van der Waals surface area contributed by atoms with Gasteiger partial charge in [-0.15, -0.1) is 0 Å². The summed E-state index contributed by atoms with van der Waals surface area (Å²) < 4.78 is 4.38. The molecule has 16 heavy (non-hydrogen) atoms. The van der Waals surface area contributed by atoms with Crippen LogP contribution < -0.4 is 11.1 Å². The van der Waals surface area contributed by atoms with E-state index in [0.29, 0.717) is 6.42 Å². The highest BCUT2D eigenvalue weighted by Gasteiger charge is 2.15. The van der Waals surface area contributed by atoms with Gasteiger partial charge in [-0.1, -0.05) is 0 Å². The third-order valence-electron chi connectivity index (χ3n) is 1.97. The molecule has 0 aromatic carbocycles. The van der Waals surface area contributed by atoms with E-state index in [-0.39, 0.29) is 6.54 Å². The Morgan fingerprint density at radius 2 is 2.44 bits per heavy atom. The smallest absolute Gasteiger partial charge is 0.325 e. The summed E-state index contributed by atoms with van der Waals surface area (Å²) >= 11 is 0. The van der Waals surface area contributed by atoms with Gasteiger partial charge in [0.05, 0.1) is 19.5 Å². The maximum absolute atomic E-state index is 11.4. The first-order valence-corrected chi connectivity index (χ1v) is 4.71. The molecule has 0 spiro atoms. The van der Waals surface area contributed by atoms with E-state index in [4.69, 9.17) is 5.73 Å². The molecule has 0 bridgehead atoms. The van der Waals surface area contributed by atoms with Gasteiger partial charge < -0.3 is 20.8 Å². The fraction of sp³-hybridized carbons (Fsp3) is 0.444. The second kappa shape index (κ2) is 5.86. The highest BCUT2D eigenvalue weighted by molar-refractivity contribution is 5.85. The number of hydrogen-bond donors (Lipinski definition) is 3. The summed E-state index contributed by atoms with van der Waals surface area (Å²) in [6, 6.07) is -0.717. The number of imidazole rings is 1. The van der Waals surface area contributed by atoms with Crippen LogP contribution in [0.25, 0.3) is 0 Å². The van der Waals surface area contributed by atoms with Gasteiger partial charge in [-0.3, -0.25) is 9.59 Å². The van der Waals surface area contributed by atoms with Crippen molar-refractivity contribution < 1.29 is 14.3 Å². The molecule has 7 nitrogen and oxygen atoms in total. The molecular formula is C9H14N4O3. The molecule has 1 heterocycles. The van der Waals surface area contributed by atoms with Gasteiger partial charge in [-0.2, -0.15) is 0 Å². The van der Waals surface area contributed by atoms with Crippen molar-refractivity contribution in [2.24, 2.45) is 5.73 Å². The molecule has 0 aliphatic heterocycles. The number of amides is 1. The van der Waals surface area contributed by atoms with E-state index in [1.54, 1.807) is 6.20 Å². The Hall–Kier alpha value is -1.89. The molecule has 88 valence electrons. The monoisotopic (exact) mass is 226 g/mol. The number of carbonyl (C=O) groups is 2. The summed E-state index contributed by atoms with van der Waals surface area (Å²) in [6.45, 7) is -0.175. The molecule has 1 aromatic rings. The quantitative estimate of drug-likeness (QED) is 0.533. The van der Waals surface area contributed by atoms with Crippen LogP contribution in [-0.4, -0.2) is 41.5 Å². The Kier molecular flexibility index (Phi) is 4.46. The molecule has 0 radical (unpaired) electrons. The SMILES string of the molecule is COC(=O)CNC(=O)[C@@H](N)Cc1cnc[nH]1. The molecule has 0 saturated carbocycles. The van der Waals surface area contributed by atoms with Crippen molar-refractivity contribution in [1.82, 2.24) is 15.3 Å². The first-order valence-electron chi connectivity index (χ1n) is 4.71. The van der Waals surface area contributed by atoms with Gasteiger partial charge in [0.2, 0.25) is 5.91 Å². The van der Waals surface area contributed by atoms with Crippen molar-refractivity contribution in [2.45, 2.75) is 12.5 Å². The summed E-state index contributed by atoms with van der Waals surface area (Å²) in [5.41, 5.74) is 6.39. The van der Waals surface area contributed by atoms with Crippen LogP contribution in [0.5, 0.6) is 0 Å². The van der Waals surface area contributed by atoms with Gasteiger partial charge >= 0.3 is 5.97 Å². The van der Waals surface area contributed by atoms with E-state index in [1.807, 2.05) is 0 Å². The van der Waals surface area contributed by atoms with Gasteiger partial charge in [0.1, 0.15) is 6.54 Å². The van der Waals surface area contributed by atoms with Crippen LogP contribution in [0, 0.1) is 0 Å². The number of hydrogen-bond acceptors (Lipinski definition) is 5. The third kappa shape index (κ3) is 3.70. The van der Waals surface area contributed by atoms with Crippen LogP contribution in [-0.2, 0) is 20.7 Å². The molecule has 1 aromatic heterocycles. The van der Waals surface area contributed by atoms with Crippen molar-refractivity contribution in [2.75, 3.05) is 13.7 Å². The van der Waals surface area contributed by atoms with Gasteiger partial charge in [0.15, 0.2) is 0 Å². The molecule has 0 fully saturated rings. The number of carbonyl (C=O) groups excluding carboxylic acids is 2. The number of nitrogens with two attached hydrogens (primary N) is 1. The standard InChI is InChI=1S/C9H14N4O3/c1-16-8(14)4-12-9(15)7(10)2-6-3-11-5-13-6/h3,5,7H,2,4,10H2,1H3,(H,11,13)(H,12,15)/t7-/m0/s1. The number of nitrogens with one attached hydrogen (secondary N) is 2. The molecular weight excluding hydrogens is 212 g/mol. The summed E-state index contributed by atoms with van der Waals surface area (Å²) in [5, 5.41) is 2.37. The topological polar surface area (TPSA) is 110 Å². The highest BCUT2D eigenvalue weighted by Crippen LogP contribution is 1.95. The summed E-state index contributed by atoms with van der Waals surface area (Å²) in [4.78, 5) is 28.8. The van der Waals surface area contributed by atoms with E-state index in [0.717, 1.165) is 5.69 Å². The zero-order valence-corrected chi connectivity index (χ0v) is 8.90. The normalized spacial score (nSPS) is 11.9. The van der Waals surface area contributed by atoms with Crippen LogP contribution in [0.4, 0.5) is 0 Å². The largest absolute Gasteiger partial charge is 0.468 e. The highest BCUT2D eigenvalue weighted by atomic mass is 16.5. The second-order valence-electron chi connectivity index (χ2n) is 3.18. The minimum absolute atomic E-state index is 0.175. The average molecular weight is 226 g/mol. The fourth-order valence-corrected chi connectivity index (χ4v) is 1.09. The van der Waals surface area contributed by atoms with Crippen LogP contribution in [0.3, 0.4) is 0 Å². The molecule has 1 atom stereocenters. The van der Waals surface area contributed by atoms with Crippen LogP contribution >= 0.6 is 0 Å².